The lowest BCUT2D eigenvalue weighted by Gasteiger charge is -2.12. The van der Waals surface area contributed by atoms with E-state index in [-0.39, 0.29) is 5.82 Å². The fourth-order valence-electron chi connectivity index (χ4n) is 2.03. The average Bonchev–Trinajstić information content (AvgIpc) is 3.30. The average molecular weight is 307 g/mol. The number of nitrogens with zero attached hydrogens (tertiary/aromatic N) is 1. The summed E-state index contributed by atoms with van der Waals surface area (Å²) < 4.78 is 19.1. The van der Waals surface area contributed by atoms with E-state index in [4.69, 9.17) is 16.3 Å². The van der Waals surface area contributed by atoms with Gasteiger partial charge in [0, 0.05) is 28.7 Å². The van der Waals surface area contributed by atoms with Crippen LogP contribution >= 0.6 is 11.6 Å². The van der Waals surface area contributed by atoms with Gasteiger partial charge in [-0.1, -0.05) is 29.8 Å². The van der Waals surface area contributed by atoms with Crippen molar-refractivity contribution in [1.29, 1.82) is 0 Å². The van der Waals surface area contributed by atoms with E-state index < -0.39 is 0 Å². The van der Waals surface area contributed by atoms with Crippen molar-refractivity contribution in [2.75, 3.05) is 0 Å². The normalized spacial score (nSPS) is 14.2. The zero-order valence-electron chi connectivity index (χ0n) is 11.5. The second-order valence-electron chi connectivity index (χ2n) is 5.15. The van der Waals surface area contributed by atoms with Gasteiger partial charge in [0.2, 0.25) is 5.88 Å². The van der Waals surface area contributed by atoms with Crippen LogP contribution in [0.5, 0.6) is 5.88 Å². The Morgan fingerprint density at radius 3 is 2.86 bits per heavy atom. The van der Waals surface area contributed by atoms with E-state index in [1.165, 1.54) is 25.1 Å². The Bertz CT molecular complexity index is 631. The Labute approximate surface area is 128 Å². The van der Waals surface area contributed by atoms with Crippen LogP contribution in [0.1, 0.15) is 24.0 Å². The predicted molar refractivity (Wildman–Crippen MR) is 79.8 cm³/mol. The Morgan fingerprint density at radius 1 is 1.29 bits per heavy atom. The summed E-state index contributed by atoms with van der Waals surface area (Å²) in [5, 5.41) is 3.99. The number of rotatable bonds is 6. The molecule has 1 N–H and O–H groups in total. The van der Waals surface area contributed by atoms with E-state index >= 15 is 0 Å². The minimum Gasteiger partial charge on any atom is -0.473 e. The number of halogens is 2. The molecule has 0 saturated heterocycles. The third-order valence-electron chi connectivity index (χ3n) is 3.37. The summed E-state index contributed by atoms with van der Waals surface area (Å²) in [6, 6.07) is 9.49. The fraction of sp³-hybridized carbons (Fsp3) is 0.312. The Morgan fingerprint density at radius 2 is 2.10 bits per heavy atom. The van der Waals surface area contributed by atoms with Crippen LogP contribution in [-0.4, -0.2) is 11.0 Å². The molecule has 21 heavy (non-hydrogen) atoms. The first-order valence-electron chi connectivity index (χ1n) is 6.96. The number of benzene rings is 1. The Balaban J connectivity index is 1.70. The quantitative estimate of drug-likeness (QED) is 0.883. The summed E-state index contributed by atoms with van der Waals surface area (Å²) in [6.07, 6.45) is 3.53. The van der Waals surface area contributed by atoms with Crippen molar-refractivity contribution in [3.8, 4) is 5.88 Å². The molecule has 0 spiro atoms. The molecule has 3 rings (SSSR count). The Kier molecular flexibility index (Phi) is 4.36. The minimum atomic E-state index is -0.354. The fourth-order valence-corrected chi connectivity index (χ4v) is 2.22. The molecular weight excluding hydrogens is 291 g/mol. The van der Waals surface area contributed by atoms with E-state index in [1.54, 1.807) is 0 Å². The molecule has 0 aliphatic heterocycles. The smallest absolute Gasteiger partial charge is 0.218 e. The standard InChI is InChI=1S/C16H16ClFN2O/c17-15-4-2-1-3-11(15)10-21-16-12(7-13(18)9-20-16)8-19-14-5-6-14/h1-4,7,9,14,19H,5-6,8,10H2. The molecule has 1 aromatic carbocycles. The van der Waals surface area contributed by atoms with Crippen LogP contribution in [0, 0.1) is 5.82 Å². The van der Waals surface area contributed by atoms with Crippen molar-refractivity contribution in [1.82, 2.24) is 10.3 Å². The SMILES string of the molecule is Fc1cnc(OCc2ccccc2Cl)c(CNC2CC2)c1. The predicted octanol–water partition coefficient (Wildman–Crippen LogP) is 3.71. The monoisotopic (exact) mass is 306 g/mol. The minimum absolute atomic E-state index is 0.314. The van der Waals surface area contributed by atoms with Gasteiger partial charge in [-0.15, -0.1) is 0 Å². The first kappa shape index (κ1) is 14.3. The third-order valence-corrected chi connectivity index (χ3v) is 3.74. The molecule has 2 aromatic rings. The molecule has 3 nitrogen and oxygen atoms in total. The van der Waals surface area contributed by atoms with E-state index in [9.17, 15) is 4.39 Å². The molecule has 1 saturated carbocycles. The molecule has 1 aliphatic rings. The highest BCUT2D eigenvalue weighted by atomic mass is 35.5. The molecule has 1 aliphatic carbocycles. The van der Waals surface area contributed by atoms with Crippen molar-refractivity contribution in [2.45, 2.75) is 32.0 Å². The van der Waals surface area contributed by atoms with E-state index in [2.05, 4.69) is 10.3 Å². The van der Waals surface area contributed by atoms with Crippen LogP contribution in [0.25, 0.3) is 0 Å². The summed E-state index contributed by atoms with van der Waals surface area (Å²) in [7, 11) is 0. The van der Waals surface area contributed by atoms with Crippen LogP contribution < -0.4 is 10.1 Å². The molecule has 0 amide bonds. The third kappa shape index (κ3) is 3.93. The number of aromatic nitrogens is 1. The topological polar surface area (TPSA) is 34.1 Å². The molecule has 0 bridgehead atoms. The van der Waals surface area contributed by atoms with E-state index in [0.29, 0.717) is 30.1 Å². The highest BCUT2D eigenvalue weighted by Gasteiger charge is 2.21. The van der Waals surface area contributed by atoms with E-state index in [0.717, 1.165) is 11.1 Å². The molecule has 0 radical (unpaired) electrons. The van der Waals surface area contributed by atoms with Crippen molar-refractivity contribution >= 4 is 11.6 Å². The van der Waals surface area contributed by atoms with Gasteiger partial charge in [0.15, 0.2) is 0 Å². The lowest BCUT2D eigenvalue weighted by Crippen LogP contribution is -2.16. The maximum absolute atomic E-state index is 13.3. The highest BCUT2D eigenvalue weighted by Crippen LogP contribution is 2.23. The number of hydrogen-bond donors (Lipinski definition) is 1. The molecule has 0 atom stereocenters. The van der Waals surface area contributed by atoms with Crippen LogP contribution in [-0.2, 0) is 13.2 Å². The first-order chi connectivity index (χ1) is 10.2. The summed E-state index contributed by atoms with van der Waals surface area (Å²) in [6.45, 7) is 0.877. The highest BCUT2D eigenvalue weighted by molar-refractivity contribution is 6.31. The van der Waals surface area contributed by atoms with Gasteiger partial charge in [0.1, 0.15) is 12.4 Å². The summed E-state index contributed by atoms with van der Waals surface area (Å²) >= 11 is 6.09. The molecule has 5 heteroatoms. The number of hydrogen-bond acceptors (Lipinski definition) is 3. The van der Waals surface area contributed by atoms with Gasteiger partial charge in [-0.2, -0.15) is 0 Å². The largest absolute Gasteiger partial charge is 0.473 e. The van der Waals surface area contributed by atoms with Gasteiger partial charge in [-0.05, 0) is 25.0 Å². The molecule has 0 unspecified atom stereocenters. The number of ether oxygens (including phenoxy) is 1. The van der Waals surface area contributed by atoms with Crippen LogP contribution in [0.15, 0.2) is 36.5 Å². The molecular formula is C16H16ClFN2O. The van der Waals surface area contributed by atoms with Crippen LogP contribution in [0.4, 0.5) is 4.39 Å². The second-order valence-corrected chi connectivity index (χ2v) is 5.56. The van der Waals surface area contributed by atoms with Crippen LogP contribution in [0.3, 0.4) is 0 Å². The summed E-state index contributed by atoms with van der Waals surface area (Å²) in [4.78, 5) is 4.04. The van der Waals surface area contributed by atoms with Gasteiger partial charge in [-0.3, -0.25) is 0 Å². The lowest BCUT2D eigenvalue weighted by atomic mass is 10.2. The summed E-state index contributed by atoms with van der Waals surface area (Å²) in [5.74, 6) is 0.0946. The maximum atomic E-state index is 13.3. The van der Waals surface area contributed by atoms with Gasteiger partial charge in [0.05, 0.1) is 6.20 Å². The van der Waals surface area contributed by atoms with Gasteiger partial charge < -0.3 is 10.1 Å². The van der Waals surface area contributed by atoms with Crippen molar-refractivity contribution in [3.05, 3.63) is 58.5 Å². The zero-order chi connectivity index (χ0) is 14.7. The molecule has 1 fully saturated rings. The van der Waals surface area contributed by atoms with Crippen molar-refractivity contribution < 1.29 is 9.13 Å². The summed E-state index contributed by atoms with van der Waals surface area (Å²) in [5.41, 5.74) is 1.61. The number of pyridine rings is 1. The van der Waals surface area contributed by atoms with Crippen molar-refractivity contribution in [2.24, 2.45) is 0 Å². The lowest BCUT2D eigenvalue weighted by molar-refractivity contribution is 0.288. The second kappa shape index (κ2) is 6.41. The Hall–Kier alpha value is -1.65. The molecule has 1 aromatic heterocycles. The van der Waals surface area contributed by atoms with Crippen molar-refractivity contribution in [3.63, 3.8) is 0 Å². The van der Waals surface area contributed by atoms with E-state index in [1.807, 2.05) is 24.3 Å². The molecule has 1 heterocycles. The van der Waals surface area contributed by atoms with Gasteiger partial charge in [0.25, 0.3) is 0 Å². The maximum Gasteiger partial charge on any atom is 0.218 e. The zero-order valence-corrected chi connectivity index (χ0v) is 12.2. The van der Waals surface area contributed by atoms with Gasteiger partial charge in [-0.25, -0.2) is 9.37 Å². The van der Waals surface area contributed by atoms with Gasteiger partial charge >= 0.3 is 0 Å². The van der Waals surface area contributed by atoms with Crippen LogP contribution in [0.2, 0.25) is 5.02 Å². The first-order valence-corrected chi connectivity index (χ1v) is 7.34. The molecule has 110 valence electrons. The number of nitrogens with one attached hydrogen (secondary N) is 1.